The van der Waals surface area contributed by atoms with E-state index in [0.717, 1.165) is 19.3 Å². The van der Waals surface area contributed by atoms with E-state index in [0.29, 0.717) is 23.2 Å². The van der Waals surface area contributed by atoms with E-state index in [2.05, 4.69) is 21.2 Å². The second-order valence-electron chi connectivity index (χ2n) is 6.85. The van der Waals surface area contributed by atoms with Crippen molar-refractivity contribution in [2.24, 2.45) is 0 Å². The van der Waals surface area contributed by atoms with Crippen molar-refractivity contribution in [3.63, 3.8) is 0 Å². The number of nitrogens with zero attached hydrogens (tertiary/aromatic N) is 1. The number of nitrogens with one attached hydrogen (secondary N) is 1. The number of anilines is 2. The first-order valence-corrected chi connectivity index (χ1v) is 11.6. The molecule has 1 heterocycles. The van der Waals surface area contributed by atoms with Crippen LogP contribution in [0.25, 0.3) is 0 Å². The van der Waals surface area contributed by atoms with Gasteiger partial charge in [0.1, 0.15) is 0 Å². The second kappa shape index (κ2) is 9.59. The summed E-state index contributed by atoms with van der Waals surface area (Å²) in [5.41, 5.74) is 6.55. The van der Waals surface area contributed by atoms with Crippen molar-refractivity contribution < 1.29 is 22.7 Å². The van der Waals surface area contributed by atoms with Crippen molar-refractivity contribution >= 4 is 49.2 Å². The van der Waals surface area contributed by atoms with Gasteiger partial charge in [0, 0.05) is 28.9 Å². The van der Waals surface area contributed by atoms with E-state index >= 15 is 0 Å². The monoisotopic (exact) mass is 495 g/mol. The van der Waals surface area contributed by atoms with Gasteiger partial charge in [-0.05, 0) is 55.3 Å². The Hall–Kier alpha value is -2.43. The highest BCUT2D eigenvalue weighted by Gasteiger charge is 2.25. The Kier molecular flexibility index (Phi) is 7.11. The second-order valence-corrected chi connectivity index (χ2v) is 9.70. The molecule has 1 aliphatic heterocycles. The van der Waals surface area contributed by atoms with Gasteiger partial charge in [0.05, 0.1) is 10.5 Å². The Balaban J connectivity index is 1.57. The molecule has 160 valence electrons. The summed E-state index contributed by atoms with van der Waals surface area (Å²) in [6.45, 7) is 0.544. The molecule has 8 nitrogen and oxygen atoms in total. The standard InChI is InChI=1S/C20H22BrN3O5S/c21-14-4-9-18(22)17(12-14)20(26)29-13-19(25)23-15-5-7-16(8-6-15)30(27,28)24-10-2-1-3-11-24/h4-9,12H,1-3,10-11,13,22H2,(H,23,25). The van der Waals surface area contributed by atoms with E-state index in [1.54, 1.807) is 12.1 Å². The topological polar surface area (TPSA) is 119 Å². The summed E-state index contributed by atoms with van der Waals surface area (Å²) in [5, 5.41) is 2.57. The van der Waals surface area contributed by atoms with Crippen LogP contribution in [-0.4, -0.2) is 44.3 Å². The lowest BCUT2D eigenvalue weighted by molar-refractivity contribution is -0.119. The number of hydrogen-bond acceptors (Lipinski definition) is 6. The predicted molar refractivity (Wildman–Crippen MR) is 117 cm³/mol. The van der Waals surface area contributed by atoms with Crippen LogP contribution in [0.2, 0.25) is 0 Å². The highest BCUT2D eigenvalue weighted by Crippen LogP contribution is 2.22. The number of esters is 1. The maximum absolute atomic E-state index is 12.7. The Bertz CT molecular complexity index is 1030. The van der Waals surface area contributed by atoms with Crippen LogP contribution in [0.5, 0.6) is 0 Å². The number of halogens is 1. The molecule has 10 heteroatoms. The lowest BCUT2D eigenvalue weighted by Gasteiger charge is -2.25. The Morgan fingerprint density at radius 3 is 2.40 bits per heavy atom. The van der Waals surface area contributed by atoms with E-state index in [9.17, 15) is 18.0 Å². The van der Waals surface area contributed by atoms with Crippen molar-refractivity contribution in [1.29, 1.82) is 0 Å². The number of hydrogen-bond donors (Lipinski definition) is 2. The molecule has 0 radical (unpaired) electrons. The van der Waals surface area contributed by atoms with Crippen LogP contribution < -0.4 is 11.1 Å². The Morgan fingerprint density at radius 1 is 1.07 bits per heavy atom. The van der Waals surface area contributed by atoms with Crippen molar-refractivity contribution in [1.82, 2.24) is 4.31 Å². The molecule has 0 atom stereocenters. The molecule has 0 aromatic heterocycles. The molecule has 3 N–H and O–H groups in total. The average molecular weight is 496 g/mol. The van der Waals surface area contributed by atoms with Gasteiger partial charge in [0.2, 0.25) is 10.0 Å². The molecule has 30 heavy (non-hydrogen) atoms. The third kappa shape index (κ3) is 5.38. The molecule has 0 spiro atoms. The molecule has 1 saturated heterocycles. The van der Waals surface area contributed by atoms with Crippen molar-refractivity contribution in [3.8, 4) is 0 Å². The summed E-state index contributed by atoms with van der Waals surface area (Å²) in [4.78, 5) is 24.4. The number of amides is 1. The van der Waals surface area contributed by atoms with Crippen LogP contribution in [0, 0.1) is 0 Å². The average Bonchev–Trinajstić information content (AvgIpc) is 2.75. The zero-order chi connectivity index (χ0) is 21.7. The number of rotatable bonds is 6. The number of nitrogen functional groups attached to an aromatic ring is 1. The Labute approximate surface area is 183 Å². The van der Waals surface area contributed by atoms with Crippen LogP contribution in [0.4, 0.5) is 11.4 Å². The van der Waals surface area contributed by atoms with Gasteiger partial charge in [-0.3, -0.25) is 4.79 Å². The van der Waals surface area contributed by atoms with Crippen LogP contribution in [-0.2, 0) is 19.6 Å². The lowest BCUT2D eigenvalue weighted by Crippen LogP contribution is -2.35. The number of benzene rings is 2. The zero-order valence-electron chi connectivity index (χ0n) is 16.1. The van der Waals surface area contributed by atoms with Gasteiger partial charge in [-0.15, -0.1) is 0 Å². The van der Waals surface area contributed by atoms with Gasteiger partial charge < -0.3 is 15.8 Å². The van der Waals surface area contributed by atoms with Crippen LogP contribution >= 0.6 is 15.9 Å². The number of sulfonamides is 1. The van der Waals surface area contributed by atoms with Crippen molar-refractivity contribution in [2.75, 3.05) is 30.7 Å². The predicted octanol–water partition coefficient (Wildman–Crippen LogP) is 3.00. The summed E-state index contributed by atoms with van der Waals surface area (Å²) in [5.74, 6) is -1.27. The molecule has 1 amide bonds. The highest BCUT2D eigenvalue weighted by atomic mass is 79.9. The lowest BCUT2D eigenvalue weighted by atomic mass is 10.2. The Morgan fingerprint density at radius 2 is 1.73 bits per heavy atom. The SMILES string of the molecule is Nc1ccc(Br)cc1C(=O)OCC(=O)Nc1ccc(S(=O)(=O)N2CCCCC2)cc1. The molecule has 2 aromatic carbocycles. The van der Waals surface area contributed by atoms with Gasteiger partial charge in [0.25, 0.3) is 5.91 Å². The van der Waals surface area contributed by atoms with E-state index in [1.807, 2.05) is 0 Å². The first kappa shape index (κ1) is 22.3. The fourth-order valence-electron chi connectivity index (χ4n) is 3.08. The summed E-state index contributed by atoms with van der Waals surface area (Å²) in [6.07, 6.45) is 2.76. The molecule has 1 fully saturated rings. The molecule has 3 rings (SSSR count). The normalized spacial score (nSPS) is 14.8. The summed E-state index contributed by atoms with van der Waals surface area (Å²) in [7, 11) is -3.53. The summed E-state index contributed by atoms with van der Waals surface area (Å²) >= 11 is 3.25. The molecule has 0 aliphatic carbocycles. The minimum absolute atomic E-state index is 0.157. The molecular weight excluding hydrogens is 474 g/mol. The number of nitrogens with two attached hydrogens (primary N) is 1. The summed E-state index contributed by atoms with van der Waals surface area (Å²) < 4.78 is 32.4. The number of carbonyl (C=O) groups is 2. The van der Waals surface area contributed by atoms with Gasteiger partial charge in [-0.1, -0.05) is 22.4 Å². The molecule has 0 bridgehead atoms. The smallest absolute Gasteiger partial charge is 0.340 e. The van der Waals surface area contributed by atoms with E-state index < -0.39 is 28.5 Å². The maximum atomic E-state index is 12.7. The number of ether oxygens (including phenoxy) is 1. The first-order chi connectivity index (χ1) is 14.3. The van der Waals surface area contributed by atoms with E-state index in [4.69, 9.17) is 10.5 Å². The minimum Gasteiger partial charge on any atom is -0.452 e. The third-order valence-electron chi connectivity index (χ3n) is 4.66. The van der Waals surface area contributed by atoms with Gasteiger partial charge in [-0.2, -0.15) is 4.31 Å². The molecule has 0 saturated carbocycles. The van der Waals surface area contributed by atoms with Gasteiger partial charge >= 0.3 is 5.97 Å². The molecular formula is C20H22BrN3O5S. The fourth-order valence-corrected chi connectivity index (χ4v) is 4.95. The quantitative estimate of drug-likeness (QED) is 0.469. The van der Waals surface area contributed by atoms with Gasteiger partial charge in [-0.25, -0.2) is 13.2 Å². The van der Waals surface area contributed by atoms with Crippen LogP contribution in [0.15, 0.2) is 51.8 Å². The first-order valence-electron chi connectivity index (χ1n) is 9.39. The molecule has 0 unspecified atom stereocenters. The van der Waals surface area contributed by atoms with E-state index in [-0.39, 0.29) is 16.1 Å². The zero-order valence-corrected chi connectivity index (χ0v) is 18.5. The third-order valence-corrected chi connectivity index (χ3v) is 7.07. The fraction of sp³-hybridized carbons (Fsp3) is 0.300. The molecule has 2 aromatic rings. The number of carbonyl (C=O) groups excluding carboxylic acids is 2. The highest BCUT2D eigenvalue weighted by molar-refractivity contribution is 9.10. The number of piperidine rings is 1. The maximum Gasteiger partial charge on any atom is 0.340 e. The largest absolute Gasteiger partial charge is 0.452 e. The van der Waals surface area contributed by atoms with Crippen LogP contribution in [0.1, 0.15) is 29.6 Å². The minimum atomic E-state index is -3.53. The van der Waals surface area contributed by atoms with Crippen molar-refractivity contribution in [2.45, 2.75) is 24.2 Å². The van der Waals surface area contributed by atoms with Crippen molar-refractivity contribution in [3.05, 3.63) is 52.5 Å². The van der Waals surface area contributed by atoms with E-state index in [1.165, 1.54) is 34.6 Å². The molecule has 1 aliphatic rings. The summed E-state index contributed by atoms with van der Waals surface area (Å²) in [6, 6.07) is 10.7. The van der Waals surface area contributed by atoms with Gasteiger partial charge in [0.15, 0.2) is 6.61 Å². The van der Waals surface area contributed by atoms with Crippen LogP contribution in [0.3, 0.4) is 0 Å².